The first-order valence-electron chi connectivity index (χ1n) is 7.88. The van der Waals surface area contributed by atoms with Crippen molar-refractivity contribution in [2.45, 2.75) is 77.6 Å². The number of H-pyrrole nitrogens is 1. The summed E-state index contributed by atoms with van der Waals surface area (Å²) in [6, 6.07) is 2.05. The van der Waals surface area contributed by atoms with Crippen LogP contribution < -0.4 is 5.62 Å². The Labute approximate surface area is 117 Å². The second-order valence-corrected chi connectivity index (χ2v) is 5.40. The number of nitrogens with zero attached hydrogens (tertiary/aromatic N) is 1. The van der Waals surface area contributed by atoms with Crippen LogP contribution in [0, 0.1) is 5.41 Å². The molecule has 0 aliphatic carbocycles. The lowest BCUT2D eigenvalue weighted by atomic mass is 9.92. The van der Waals surface area contributed by atoms with Crippen LogP contribution in [0.2, 0.25) is 0 Å². The van der Waals surface area contributed by atoms with Gasteiger partial charge in [-0.25, -0.2) is 4.98 Å². The highest BCUT2D eigenvalue weighted by molar-refractivity contribution is 5.05. The van der Waals surface area contributed by atoms with Gasteiger partial charge < -0.3 is 4.98 Å². The van der Waals surface area contributed by atoms with Crippen molar-refractivity contribution in [2.75, 3.05) is 0 Å². The minimum atomic E-state index is 0.282. The molecule has 0 radical (unpaired) electrons. The molecule has 3 nitrogen and oxygen atoms in total. The largest absolute Gasteiger partial charge is 0.331 e. The highest BCUT2D eigenvalue weighted by atomic mass is 14.9. The Morgan fingerprint density at radius 3 is 2.42 bits per heavy atom. The Morgan fingerprint density at radius 1 is 1.05 bits per heavy atom. The lowest BCUT2D eigenvalue weighted by Gasteiger charge is -2.15. The van der Waals surface area contributed by atoms with Gasteiger partial charge in [-0.1, -0.05) is 58.8 Å². The maximum atomic E-state index is 7.61. The minimum Gasteiger partial charge on any atom is -0.331 e. The van der Waals surface area contributed by atoms with Crippen LogP contribution in [-0.4, -0.2) is 9.97 Å². The molecule has 0 saturated carbocycles. The fourth-order valence-corrected chi connectivity index (χ4v) is 2.52. The molecular weight excluding hydrogens is 234 g/mol. The van der Waals surface area contributed by atoms with Crippen molar-refractivity contribution in [1.29, 1.82) is 5.41 Å². The van der Waals surface area contributed by atoms with Gasteiger partial charge in [0.2, 0.25) is 5.62 Å². The lowest BCUT2D eigenvalue weighted by Crippen LogP contribution is -2.14. The molecule has 3 heteroatoms. The first kappa shape index (κ1) is 15.9. The summed E-state index contributed by atoms with van der Waals surface area (Å²) in [6.07, 6.45) is 13.4. The zero-order valence-corrected chi connectivity index (χ0v) is 12.5. The van der Waals surface area contributed by atoms with E-state index in [0.717, 1.165) is 5.69 Å². The monoisotopic (exact) mass is 263 g/mol. The van der Waals surface area contributed by atoms with E-state index in [1.165, 1.54) is 57.8 Å². The van der Waals surface area contributed by atoms with Crippen LogP contribution in [0.25, 0.3) is 0 Å². The number of nitrogens with one attached hydrogen (secondary N) is 2. The summed E-state index contributed by atoms with van der Waals surface area (Å²) in [7, 11) is 0. The highest BCUT2D eigenvalue weighted by Crippen LogP contribution is 2.25. The molecule has 0 aromatic carbocycles. The number of hydrogen-bond donors (Lipinski definition) is 2. The maximum absolute atomic E-state index is 7.61. The summed E-state index contributed by atoms with van der Waals surface area (Å²) in [4.78, 5) is 7.17. The summed E-state index contributed by atoms with van der Waals surface area (Å²) in [6.45, 7) is 4.49. The summed E-state index contributed by atoms with van der Waals surface area (Å²) in [5.41, 5.74) is 1.39. The number of rotatable bonds is 10. The quantitative estimate of drug-likeness (QED) is 0.599. The molecule has 1 rings (SSSR count). The van der Waals surface area contributed by atoms with Crippen LogP contribution in [0.5, 0.6) is 0 Å². The molecule has 1 unspecified atom stereocenters. The van der Waals surface area contributed by atoms with Crippen LogP contribution >= 0.6 is 0 Å². The van der Waals surface area contributed by atoms with Crippen LogP contribution in [0.4, 0.5) is 0 Å². The van der Waals surface area contributed by atoms with E-state index in [9.17, 15) is 0 Å². The molecule has 0 amide bonds. The predicted octanol–water partition coefficient (Wildman–Crippen LogP) is 4.52. The number of aromatic nitrogens is 2. The standard InChI is InChI=1S/C16H29N3/c1-3-5-7-8-9-11-14(10-6-4-2)15-12-13-18-16(17)19-15/h12-14H,3-11H2,1-2H3,(H2,17,18,19). The van der Waals surface area contributed by atoms with Crippen molar-refractivity contribution in [2.24, 2.45) is 0 Å². The first-order valence-corrected chi connectivity index (χ1v) is 7.88. The Balaban J connectivity index is 2.49. The van der Waals surface area contributed by atoms with Gasteiger partial charge in [0, 0.05) is 17.8 Å². The summed E-state index contributed by atoms with van der Waals surface area (Å²) in [5.74, 6) is 0.542. The van der Waals surface area contributed by atoms with Crippen molar-refractivity contribution in [1.82, 2.24) is 9.97 Å². The molecule has 108 valence electrons. The number of unbranched alkanes of at least 4 members (excludes halogenated alkanes) is 5. The number of aromatic amines is 1. The molecule has 2 N–H and O–H groups in total. The Hall–Kier alpha value is -1.12. The predicted molar refractivity (Wildman–Crippen MR) is 80.1 cm³/mol. The van der Waals surface area contributed by atoms with Gasteiger partial charge in [0.1, 0.15) is 0 Å². The molecule has 1 heterocycles. The average Bonchev–Trinajstić information content (AvgIpc) is 2.42. The summed E-state index contributed by atoms with van der Waals surface area (Å²) < 4.78 is 0. The smallest absolute Gasteiger partial charge is 0.219 e. The third-order valence-electron chi connectivity index (χ3n) is 3.70. The van der Waals surface area contributed by atoms with Crippen molar-refractivity contribution >= 4 is 0 Å². The summed E-state index contributed by atoms with van der Waals surface area (Å²) >= 11 is 0. The number of hydrogen-bond acceptors (Lipinski definition) is 2. The van der Waals surface area contributed by atoms with Gasteiger partial charge in [-0.3, -0.25) is 5.41 Å². The van der Waals surface area contributed by atoms with Crippen molar-refractivity contribution in [3.05, 3.63) is 23.6 Å². The first-order chi connectivity index (χ1) is 9.27. The van der Waals surface area contributed by atoms with E-state index in [0.29, 0.717) is 5.92 Å². The zero-order valence-electron chi connectivity index (χ0n) is 12.5. The maximum Gasteiger partial charge on any atom is 0.219 e. The third kappa shape index (κ3) is 6.55. The fourth-order valence-electron chi connectivity index (χ4n) is 2.52. The van der Waals surface area contributed by atoms with Crippen molar-refractivity contribution in [3.63, 3.8) is 0 Å². The van der Waals surface area contributed by atoms with Crippen LogP contribution in [0.15, 0.2) is 12.3 Å². The second-order valence-electron chi connectivity index (χ2n) is 5.40. The van der Waals surface area contributed by atoms with Gasteiger partial charge in [0.15, 0.2) is 0 Å². The van der Waals surface area contributed by atoms with Gasteiger partial charge >= 0.3 is 0 Å². The van der Waals surface area contributed by atoms with Gasteiger partial charge in [0.05, 0.1) is 0 Å². The van der Waals surface area contributed by atoms with E-state index in [1.54, 1.807) is 0 Å². The van der Waals surface area contributed by atoms with Crippen LogP contribution in [-0.2, 0) is 0 Å². The molecule has 0 saturated heterocycles. The molecule has 0 fully saturated rings. The molecule has 0 aliphatic rings. The van der Waals surface area contributed by atoms with E-state index in [4.69, 9.17) is 5.41 Å². The third-order valence-corrected chi connectivity index (χ3v) is 3.70. The van der Waals surface area contributed by atoms with Gasteiger partial charge in [-0.2, -0.15) is 0 Å². The zero-order chi connectivity index (χ0) is 13.9. The average molecular weight is 263 g/mol. The van der Waals surface area contributed by atoms with E-state index in [2.05, 4.69) is 23.8 Å². The normalized spacial score (nSPS) is 12.5. The molecule has 0 aliphatic heterocycles. The Bertz CT molecular complexity index is 384. The second kappa shape index (κ2) is 9.76. The van der Waals surface area contributed by atoms with E-state index >= 15 is 0 Å². The molecule has 0 spiro atoms. The van der Waals surface area contributed by atoms with Crippen LogP contribution in [0.1, 0.15) is 83.2 Å². The van der Waals surface area contributed by atoms with Gasteiger partial charge in [-0.15, -0.1) is 0 Å². The van der Waals surface area contributed by atoms with Crippen LogP contribution in [0.3, 0.4) is 0 Å². The topological polar surface area (TPSA) is 52.5 Å². The molecular formula is C16H29N3. The Kier molecular flexibility index (Phi) is 8.19. The van der Waals surface area contributed by atoms with Gasteiger partial charge in [-0.05, 0) is 18.9 Å². The molecule has 19 heavy (non-hydrogen) atoms. The van der Waals surface area contributed by atoms with Crippen molar-refractivity contribution in [3.8, 4) is 0 Å². The minimum absolute atomic E-state index is 0.282. The molecule has 0 bridgehead atoms. The molecule has 1 aromatic heterocycles. The van der Waals surface area contributed by atoms with E-state index in [1.807, 2.05) is 12.3 Å². The Morgan fingerprint density at radius 2 is 1.74 bits per heavy atom. The fraction of sp³-hybridized carbons (Fsp3) is 0.750. The van der Waals surface area contributed by atoms with E-state index < -0.39 is 0 Å². The SMILES string of the molecule is CCCCCCCC(CCCC)c1cc[nH]c(=N)n1. The lowest BCUT2D eigenvalue weighted by molar-refractivity contribution is 0.494. The summed E-state index contributed by atoms with van der Waals surface area (Å²) in [5, 5.41) is 7.61. The molecule has 1 atom stereocenters. The highest BCUT2D eigenvalue weighted by Gasteiger charge is 2.12. The van der Waals surface area contributed by atoms with Gasteiger partial charge in [0.25, 0.3) is 0 Å². The molecule has 1 aromatic rings. The van der Waals surface area contributed by atoms with Crippen molar-refractivity contribution < 1.29 is 0 Å². The van der Waals surface area contributed by atoms with E-state index in [-0.39, 0.29) is 5.62 Å².